The van der Waals surface area contributed by atoms with Gasteiger partial charge in [0, 0.05) is 10.0 Å². The van der Waals surface area contributed by atoms with Crippen molar-refractivity contribution >= 4 is 27.8 Å². The van der Waals surface area contributed by atoms with Gasteiger partial charge in [-0.25, -0.2) is 9.78 Å². The lowest BCUT2D eigenvalue weighted by Gasteiger charge is -2.02. The molecule has 4 N–H and O–H groups in total. The van der Waals surface area contributed by atoms with E-state index in [0.717, 1.165) is 5.56 Å². The fraction of sp³-hybridized carbons (Fsp3) is 0. The molecule has 6 heteroatoms. The van der Waals surface area contributed by atoms with Gasteiger partial charge in [0.25, 0.3) is 0 Å². The number of aromatic amines is 1. The molecule has 0 atom stereocenters. The van der Waals surface area contributed by atoms with Gasteiger partial charge in [0.2, 0.25) is 0 Å². The van der Waals surface area contributed by atoms with Crippen LogP contribution in [0, 0.1) is 0 Å². The van der Waals surface area contributed by atoms with Gasteiger partial charge in [0.15, 0.2) is 5.95 Å². The van der Waals surface area contributed by atoms with Crippen molar-refractivity contribution in [1.29, 1.82) is 0 Å². The van der Waals surface area contributed by atoms with Crippen LogP contribution in [0.4, 0.5) is 5.95 Å². The van der Waals surface area contributed by atoms with Gasteiger partial charge >= 0.3 is 5.97 Å². The highest BCUT2D eigenvalue weighted by atomic mass is 79.9. The molecule has 0 unspecified atom stereocenters. The lowest BCUT2D eigenvalue weighted by atomic mass is 10.1. The summed E-state index contributed by atoms with van der Waals surface area (Å²) < 4.78 is 0.538. The Morgan fingerprint density at radius 2 is 2.25 bits per heavy atom. The third-order valence-electron chi connectivity index (χ3n) is 2.10. The van der Waals surface area contributed by atoms with Crippen molar-refractivity contribution in [3.8, 4) is 11.3 Å². The Labute approximate surface area is 99.4 Å². The molecule has 16 heavy (non-hydrogen) atoms. The van der Waals surface area contributed by atoms with Gasteiger partial charge in [0.1, 0.15) is 0 Å². The number of nitrogen functional groups attached to an aromatic ring is 1. The van der Waals surface area contributed by atoms with Crippen LogP contribution >= 0.6 is 15.9 Å². The summed E-state index contributed by atoms with van der Waals surface area (Å²) in [6.07, 6.45) is 1.56. The van der Waals surface area contributed by atoms with Crippen molar-refractivity contribution in [3.05, 3.63) is 34.4 Å². The number of halogens is 1. The minimum Gasteiger partial charge on any atom is -0.478 e. The second-order valence-electron chi connectivity index (χ2n) is 3.18. The first-order valence-corrected chi connectivity index (χ1v) is 5.21. The van der Waals surface area contributed by atoms with Gasteiger partial charge in [-0.05, 0) is 28.1 Å². The van der Waals surface area contributed by atoms with Crippen LogP contribution < -0.4 is 5.73 Å². The number of nitrogens with two attached hydrogens (primary N) is 1. The van der Waals surface area contributed by atoms with Crippen LogP contribution in [0.5, 0.6) is 0 Å². The Kier molecular flexibility index (Phi) is 2.66. The fourth-order valence-corrected chi connectivity index (χ4v) is 1.76. The highest BCUT2D eigenvalue weighted by molar-refractivity contribution is 9.10. The number of carboxylic acids is 1. The number of nitrogens with zero attached hydrogens (tertiary/aromatic N) is 1. The number of hydrogen-bond donors (Lipinski definition) is 3. The first kappa shape index (κ1) is 10.7. The lowest BCUT2D eigenvalue weighted by Crippen LogP contribution is -1.97. The zero-order chi connectivity index (χ0) is 11.7. The van der Waals surface area contributed by atoms with Crippen molar-refractivity contribution < 1.29 is 9.90 Å². The first-order chi connectivity index (χ1) is 7.58. The molecule has 0 fully saturated rings. The first-order valence-electron chi connectivity index (χ1n) is 4.41. The van der Waals surface area contributed by atoms with E-state index < -0.39 is 5.97 Å². The average molecular weight is 282 g/mol. The topological polar surface area (TPSA) is 92.0 Å². The summed E-state index contributed by atoms with van der Waals surface area (Å²) in [7, 11) is 0. The van der Waals surface area contributed by atoms with Crippen LogP contribution in [-0.4, -0.2) is 21.0 Å². The molecule has 5 nitrogen and oxygen atoms in total. The minimum atomic E-state index is -0.985. The molecule has 0 amide bonds. The van der Waals surface area contributed by atoms with Crippen LogP contribution in [0.2, 0.25) is 0 Å². The predicted molar refractivity (Wildman–Crippen MR) is 63.1 cm³/mol. The number of nitrogens with one attached hydrogen (secondary N) is 1. The molecule has 1 heterocycles. The number of carboxylic acid groups (broad SMARTS) is 1. The Balaban J connectivity index is 2.51. The maximum Gasteiger partial charge on any atom is 0.336 e. The molecule has 1 aromatic heterocycles. The van der Waals surface area contributed by atoms with Crippen LogP contribution in [0.15, 0.2) is 28.9 Å². The highest BCUT2D eigenvalue weighted by Gasteiger charge is 2.10. The van der Waals surface area contributed by atoms with Gasteiger partial charge in [-0.15, -0.1) is 0 Å². The van der Waals surface area contributed by atoms with Gasteiger partial charge < -0.3 is 15.8 Å². The quantitative estimate of drug-likeness (QED) is 0.786. The molecule has 2 rings (SSSR count). The van der Waals surface area contributed by atoms with E-state index in [1.165, 1.54) is 0 Å². The summed E-state index contributed by atoms with van der Waals surface area (Å²) in [6.45, 7) is 0. The van der Waals surface area contributed by atoms with Gasteiger partial charge in [-0.2, -0.15) is 0 Å². The largest absolute Gasteiger partial charge is 0.478 e. The van der Waals surface area contributed by atoms with E-state index >= 15 is 0 Å². The molecule has 2 aromatic rings. The molecule has 0 spiro atoms. The Bertz CT molecular complexity index is 551. The van der Waals surface area contributed by atoms with Crippen LogP contribution in [0.1, 0.15) is 10.4 Å². The van der Waals surface area contributed by atoms with E-state index in [1.807, 2.05) is 0 Å². The molecule has 0 aliphatic heterocycles. The number of hydrogen-bond acceptors (Lipinski definition) is 3. The smallest absolute Gasteiger partial charge is 0.336 e. The second-order valence-corrected chi connectivity index (χ2v) is 4.04. The predicted octanol–water partition coefficient (Wildman–Crippen LogP) is 2.12. The number of carbonyl (C=O) groups is 1. The maximum atomic E-state index is 10.9. The molecule has 0 aliphatic carbocycles. The fourth-order valence-electron chi connectivity index (χ4n) is 1.34. The minimum absolute atomic E-state index is 0.200. The molecular formula is C10H8BrN3O2. The molecule has 0 bridgehead atoms. The number of H-pyrrole nitrogens is 1. The molecule has 0 saturated heterocycles. The van der Waals surface area contributed by atoms with Crippen LogP contribution in [0.3, 0.4) is 0 Å². The molecular weight excluding hydrogens is 274 g/mol. The Morgan fingerprint density at radius 1 is 1.50 bits per heavy atom. The van der Waals surface area contributed by atoms with E-state index in [2.05, 4.69) is 25.9 Å². The zero-order valence-corrected chi connectivity index (χ0v) is 9.65. The number of aromatic carboxylic acids is 1. The second kappa shape index (κ2) is 3.97. The number of benzene rings is 1. The van der Waals surface area contributed by atoms with E-state index in [4.69, 9.17) is 10.8 Å². The molecule has 0 aliphatic rings. The standard InChI is InChI=1S/C10H8BrN3O2/c11-7-2-1-5(3-6(7)9(15)16)8-4-13-10(12)14-8/h1-4H,(H,15,16)(H3,12,13,14). The number of imidazole rings is 1. The number of rotatable bonds is 2. The Morgan fingerprint density at radius 3 is 2.81 bits per heavy atom. The van der Waals surface area contributed by atoms with Crippen molar-refractivity contribution in [3.63, 3.8) is 0 Å². The lowest BCUT2D eigenvalue weighted by molar-refractivity contribution is 0.0696. The molecule has 82 valence electrons. The van der Waals surface area contributed by atoms with Crippen LogP contribution in [0.25, 0.3) is 11.3 Å². The van der Waals surface area contributed by atoms with Gasteiger partial charge in [-0.3, -0.25) is 0 Å². The van der Waals surface area contributed by atoms with Crippen molar-refractivity contribution in [2.75, 3.05) is 5.73 Å². The van der Waals surface area contributed by atoms with Crippen molar-refractivity contribution in [1.82, 2.24) is 9.97 Å². The summed E-state index contributed by atoms with van der Waals surface area (Å²) in [5.74, 6) is -0.684. The normalized spacial score (nSPS) is 10.3. The third-order valence-corrected chi connectivity index (χ3v) is 2.79. The number of anilines is 1. The van der Waals surface area contributed by atoms with E-state index in [9.17, 15) is 4.79 Å². The van der Waals surface area contributed by atoms with E-state index in [1.54, 1.807) is 24.4 Å². The summed E-state index contributed by atoms with van der Waals surface area (Å²) in [5.41, 5.74) is 7.07. The number of aromatic nitrogens is 2. The summed E-state index contributed by atoms with van der Waals surface area (Å²) in [5, 5.41) is 8.96. The SMILES string of the molecule is Nc1ncc(-c2ccc(Br)c(C(=O)O)c2)[nH]1. The molecule has 0 radical (unpaired) electrons. The summed E-state index contributed by atoms with van der Waals surface area (Å²) in [4.78, 5) is 17.6. The van der Waals surface area contributed by atoms with E-state index in [0.29, 0.717) is 16.1 Å². The van der Waals surface area contributed by atoms with Gasteiger partial charge in [0.05, 0.1) is 17.5 Å². The van der Waals surface area contributed by atoms with E-state index in [-0.39, 0.29) is 5.56 Å². The average Bonchev–Trinajstić information content (AvgIpc) is 2.65. The summed E-state index contributed by atoms with van der Waals surface area (Å²) in [6, 6.07) is 5.01. The van der Waals surface area contributed by atoms with Gasteiger partial charge in [-0.1, -0.05) is 6.07 Å². The summed E-state index contributed by atoms with van der Waals surface area (Å²) >= 11 is 3.18. The molecule has 1 aromatic carbocycles. The maximum absolute atomic E-state index is 10.9. The Hall–Kier alpha value is -1.82. The molecule has 0 saturated carbocycles. The van der Waals surface area contributed by atoms with Crippen molar-refractivity contribution in [2.45, 2.75) is 0 Å². The van der Waals surface area contributed by atoms with Crippen molar-refractivity contribution in [2.24, 2.45) is 0 Å². The zero-order valence-electron chi connectivity index (χ0n) is 8.07. The monoisotopic (exact) mass is 281 g/mol. The van der Waals surface area contributed by atoms with Crippen LogP contribution in [-0.2, 0) is 0 Å². The highest BCUT2D eigenvalue weighted by Crippen LogP contribution is 2.24. The third kappa shape index (κ3) is 1.92.